The average molecular weight is 314 g/mol. The first-order chi connectivity index (χ1) is 9.41. The summed E-state index contributed by atoms with van der Waals surface area (Å²) in [4.78, 5) is 22.6. The summed E-state index contributed by atoms with van der Waals surface area (Å²) in [6.45, 7) is 0. The summed E-state index contributed by atoms with van der Waals surface area (Å²) in [5.41, 5.74) is 5.44. The molecule has 0 radical (unpaired) electrons. The number of carboxylic acids is 2. The molecule has 106 valence electrons. The van der Waals surface area contributed by atoms with Crippen LogP contribution in [0.3, 0.4) is 0 Å². The van der Waals surface area contributed by atoms with Gasteiger partial charge in [-0.1, -0.05) is 29.8 Å². The standard InChI is InChI=1S/C13H12ClNO4S/c14-10-6-3-1-2-4-9(6)20-11(10)7(12(16)17)5-8(15)13(18)19/h1-4,7-8H,5,15H2,(H,16,17)(H,18,19)/t7-,8-/m1/s1. The molecule has 2 atom stereocenters. The average Bonchev–Trinajstić information content (AvgIpc) is 2.73. The number of rotatable bonds is 5. The number of carboxylic acid groups (broad SMARTS) is 2. The van der Waals surface area contributed by atoms with Crippen LogP contribution in [-0.4, -0.2) is 28.2 Å². The van der Waals surface area contributed by atoms with E-state index in [-0.39, 0.29) is 6.42 Å². The lowest BCUT2D eigenvalue weighted by Gasteiger charge is -2.13. The number of aliphatic carboxylic acids is 2. The zero-order valence-electron chi connectivity index (χ0n) is 10.2. The Morgan fingerprint density at radius 3 is 2.45 bits per heavy atom. The number of carbonyl (C=O) groups is 2. The normalized spacial score (nSPS) is 14.1. The minimum absolute atomic E-state index is 0.197. The number of nitrogens with two attached hydrogens (primary N) is 1. The second-order valence-electron chi connectivity index (χ2n) is 4.35. The summed E-state index contributed by atoms with van der Waals surface area (Å²) in [6, 6.07) is 6.04. The van der Waals surface area contributed by atoms with E-state index in [0.717, 1.165) is 10.1 Å². The third-order valence-electron chi connectivity index (χ3n) is 2.98. The lowest BCUT2D eigenvalue weighted by Crippen LogP contribution is -2.33. The van der Waals surface area contributed by atoms with E-state index in [1.165, 1.54) is 11.3 Å². The number of hydrogen-bond donors (Lipinski definition) is 3. The van der Waals surface area contributed by atoms with Crippen molar-refractivity contribution in [2.24, 2.45) is 5.73 Å². The van der Waals surface area contributed by atoms with E-state index in [1.807, 2.05) is 18.2 Å². The summed E-state index contributed by atoms with van der Waals surface area (Å²) in [5, 5.41) is 19.3. The van der Waals surface area contributed by atoms with Crippen molar-refractivity contribution in [3.05, 3.63) is 34.2 Å². The molecule has 1 aromatic heterocycles. The van der Waals surface area contributed by atoms with Crippen molar-refractivity contribution >= 4 is 45.0 Å². The van der Waals surface area contributed by atoms with Crippen molar-refractivity contribution in [3.8, 4) is 0 Å². The highest BCUT2D eigenvalue weighted by Crippen LogP contribution is 2.41. The third-order valence-corrected chi connectivity index (χ3v) is 4.78. The molecule has 2 aromatic rings. The zero-order chi connectivity index (χ0) is 14.9. The Labute approximate surface area is 123 Å². The van der Waals surface area contributed by atoms with E-state index < -0.39 is 23.9 Å². The van der Waals surface area contributed by atoms with Gasteiger partial charge in [-0.15, -0.1) is 11.3 Å². The lowest BCUT2D eigenvalue weighted by atomic mass is 9.98. The molecule has 0 aliphatic rings. The summed E-state index contributed by atoms with van der Waals surface area (Å²) in [5.74, 6) is -3.38. The van der Waals surface area contributed by atoms with Crippen molar-refractivity contribution < 1.29 is 19.8 Å². The maximum Gasteiger partial charge on any atom is 0.320 e. The summed E-state index contributed by atoms with van der Waals surface area (Å²) >= 11 is 7.47. The second-order valence-corrected chi connectivity index (χ2v) is 5.81. The van der Waals surface area contributed by atoms with E-state index in [2.05, 4.69) is 0 Å². The molecule has 1 heterocycles. The zero-order valence-corrected chi connectivity index (χ0v) is 11.8. The van der Waals surface area contributed by atoms with E-state index >= 15 is 0 Å². The van der Waals surface area contributed by atoms with Gasteiger partial charge in [0.15, 0.2) is 0 Å². The van der Waals surface area contributed by atoms with Crippen LogP contribution in [0.1, 0.15) is 17.2 Å². The molecule has 4 N–H and O–H groups in total. The monoisotopic (exact) mass is 313 g/mol. The van der Waals surface area contributed by atoms with Gasteiger partial charge in [0.25, 0.3) is 0 Å². The molecule has 0 aliphatic carbocycles. The van der Waals surface area contributed by atoms with Gasteiger partial charge in [0.2, 0.25) is 0 Å². The number of fused-ring (bicyclic) bond motifs is 1. The van der Waals surface area contributed by atoms with Gasteiger partial charge in [-0.2, -0.15) is 0 Å². The SMILES string of the molecule is N[C@H](C[C@@H](C(=O)O)c1sc2ccccc2c1Cl)C(=O)O. The topological polar surface area (TPSA) is 101 Å². The van der Waals surface area contributed by atoms with Gasteiger partial charge >= 0.3 is 11.9 Å². The molecule has 5 nitrogen and oxygen atoms in total. The van der Waals surface area contributed by atoms with Crippen LogP contribution < -0.4 is 5.73 Å². The molecule has 1 aromatic carbocycles. The Hall–Kier alpha value is -1.63. The molecule has 0 aliphatic heterocycles. The van der Waals surface area contributed by atoms with Crippen LogP contribution in [0.5, 0.6) is 0 Å². The van der Waals surface area contributed by atoms with E-state index in [1.54, 1.807) is 6.07 Å². The molecule has 0 saturated carbocycles. The third kappa shape index (κ3) is 2.77. The second kappa shape index (κ2) is 5.78. The van der Waals surface area contributed by atoms with Gasteiger partial charge < -0.3 is 15.9 Å². The smallest absolute Gasteiger partial charge is 0.320 e. The molecule has 2 rings (SSSR count). The Morgan fingerprint density at radius 2 is 1.90 bits per heavy atom. The number of benzene rings is 1. The summed E-state index contributed by atoms with van der Waals surface area (Å²) < 4.78 is 0.864. The highest BCUT2D eigenvalue weighted by Gasteiger charge is 2.29. The molecule has 0 fully saturated rings. The summed E-state index contributed by atoms with van der Waals surface area (Å²) in [6.07, 6.45) is -0.197. The molecule has 0 spiro atoms. The predicted molar refractivity (Wildman–Crippen MR) is 77.4 cm³/mol. The molecule has 20 heavy (non-hydrogen) atoms. The van der Waals surface area contributed by atoms with Crippen molar-refractivity contribution in [1.82, 2.24) is 0 Å². The molecular weight excluding hydrogens is 302 g/mol. The number of hydrogen-bond acceptors (Lipinski definition) is 4. The molecule has 0 saturated heterocycles. The maximum atomic E-state index is 11.4. The van der Waals surface area contributed by atoms with Gasteiger partial charge in [-0.05, 0) is 12.5 Å². The van der Waals surface area contributed by atoms with Crippen LogP contribution >= 0.6 is 22.9 Å². The lowest BCUT2D eigenvalue weighted by molar-refractivity contribution is -0.141. The van der Waals surface area contributed by atoms with Crippen molar-refractivity contribution in [3.63, 3.8) is 0 Å². The van der Waals surface area contributed by atoms with Crippen LogP contribution in [0.15, 0.2) is 24.3 Å². The Balaban J connectivity index is 2.44. The molecular formula is C13H12ClNO4S. The largest absolute Gasteiger partial charge is 0.481 e. The van der Waals surface area contributed by atoms with Gasteiger partial charge in [-0.3, -0.25) is 9.59 Å². The van der Waals surface area contributed by atoms with Gasteiger partial charge in [0, 0.05) is 15.0 Å². The highest BCUT2D eigenvalue weighted by molar-refractivity contribution is 7.20. The van der Waals surface area contributed by atoms with E-state index in [0.29, 0.717) is 9.90 Å². The fourth-order valence-corrected chi connectivity index (χ4v) is 3.60. The first kappa shape index (κ1) is 14.8. The first-order valence-electron chi connectivity index (χ1n) is 5.80. The number of halogens is 1. The predicted octanol–water partition coefficient (Wildman–Crippen LogP) is 2.52. The van der Waals surface area contributed by atoms with Crippen LogP contribution in [0, 0.1) is 0 Å². The van der Waals surface area contributed by atoms with Crippen LogP contribution in [0.4, 0.5) is 0 Å². The van der Waals surface area contributed by atoms with Gasteiger partial charge in [0.05, 0.1) is 10.9 Å². The molecule has 0 amide bonds. The molecule has 0 bridgehead atoms. The number of thiophene rings is 1. The van der Waals surface area contributed by atoms with Gasteiger partial charge in [-0.25, -0.2) is 0 Å². The van der Waals surface area contributed by atoms with Crippen LogP contribution in [0.2, 0.25) is 5.02 Å². The van der Waals surface area contributed by atoms with Crippen LogP contribution in [-0.2, 0) is 9.59 Å². The minimum atomic E-state index is -1.24. The minimum Gasteiger partial charge on any atom is -0.481 e. The van der Waals surface area contributed by atoms with Crippen molar-refractivity contribution in [2.75, 3.05) is 0 Å². The first-order valence-corrected chi connectivity index (χ1v) is 6.99. The maximum absolute atomic E-state index is 11.4. The Morgan fingerprint density at radius 1 is 1.25 bits per heavy atom. The fourth-order valence-electron chi connectivity index (χ4n) is 1.93. The quantitative estimate of drug-likeness (QED) is 0.787. The van der Waals surface area contributed by atoms with Gasteiger partial charge in [0.1, 0.15) is 6.04 Å². The summed E-state index contributed by atoms with van der Waals surface area (Å²) in [7, 11) is 0. The Kier molecular flexibility index (Phi) is 4.27. The fraction of sp³-hybridized carbons (Fsp3) is 0.231. The highest BCUT2D eigenvalue weighted by atomic mass is 35.5. The van der Waals surface area contributed by atoms with Crippen molar-refractivity contribution in [2.45, 2.75) is 18.4 Å². The Bertz CT molecular complexity index is 669. The van der Waals surface area contributed by atoms with E-state index in [9.17, 15) is 14.7 Å². The molecule has 7 heteroatoms. The van der Waals surface area contributed by atoms with Crippen LogP contribution in [0.25, 0.3) is 10.1 Å². The van der Waals surface area contributed by atoms with E-state index in [4.69, 9.17) is 22.4 Å². The molecule has 0 unspecified atom stereocenters. The van der Waals surface area contributed by atoms with Crippen molar-refractivity contribution in [1.29, 1.82) is 0 Å².